The average molecular weight is 348 g/mol. The predicted octanol–water partition coefficient (Wildman–Crippen LogP) is 2.09. The second-order valence-corrected chi connectivity index (χ2v) is 6.35. The first-order chi connectivity index (χ1) is 11.5. The highest BCUT2D eigenvalue weighted by Gasteiger charge is 2.15. The molecule has 128 valence electrons. The summed E-state index contributed by atoms with van der Waals surface area (Å²) in [6.45, 7) is 1.88. The fraction of sp³-hybridized carbons (Fsp3) is 0.333. The molecule has 6 heteroatoms. The van der Waals surface area contributed by atoms with Gasteiger partial charge in [-0.3, -0.25) is 9.59 Å². The Hall–Kier alpha value is -2.11. The number of carbonyl (C=O) groups is 1. The van der Waals surface area contributed by atoms with Crippen LogP contribution in [0, 0.1) is 0 Å². The summed E-state index contributed by atoms with van der Waals surface area (Å²) in [7, 11) is 3.93. The van der Waals surface area contributed by atoms with Crippen LogP contribution in [0.1, 0.15) is 5.56 Å². The van der Waals surface area contributed by atoms with Gasteiger partial charge in [0.15, 0.2) is 0 Å². The van der Waals surface area contributed by atoms with Crippen LogP contribution in [0.15, 0.2) is 53.5 Å². The lowest BCUT2D eigenvalue weighted by atomic mass is 10.2. The maximum Gasteiger partial charge on any atom is 0.250 e. The van der Waals surface area contributed by atoms with Crippen molar-refractivity contribution in [2.24, 2.45) is 0 Å². The summed E-state index contributed by atoms with van der Waals surface area (Å²) in [5, 5.41) is 0.667. The lowest BCUT2D eigenvalue weighted by Gasteiger charge is -2.25. The van der Waals surface area contributed by atoms with Crippen molar-refractivity contribution in [3.8, 4) is 0 Å². The maximum atomic E-state index is 12.7. The Balaban J connectivity index is 2.12. The molecule has 2 rings (SSSR count). The monoisotopic (exact) mass is 347 g/mol. The van der Waals surface area contributed by atoms with Crippen LogP contribution in [-0.4, -0.2) is 47.5 Å². The molecule has 0 atom stereocenters. The summed E-state index contributed by atoms with van der Waals surface area (Å²) < 4.78 is 1.42. The highest BCUT2D eigenvalue weighted by atomic mass is 35.5. The molecule has 0 saturated carbocycles. The van der Waals surface area contributed by atoms with E-state index in [0.717, 1.165) is 12.1 Å². The van der Waals surface area contributed by atoms with Crippen LogP contribution in [0.25, 0.3) is 0 Å². The lowest BCUT2D eigenvalue weighted by molar-refractivity contribution is -0.132. The number of halogens is 1. The van der Waals surface area contributed by atoms with E-state index in [2.05, 4.69) is 0 Å². The van der Waals surface area contributed by atoms with Crippen molar-refractivity contribution >= 4 is 17.5 Å². The van der Waals surface area contributed by atoms with Crippen LogP contribution < -0.4 is 5.56 Å². The Morgan fingerprint density at radius 3 is 2.42 bits per heavy atom. The number of likely N-dealkylation sites (N-methyl/N-ethyl adjacent to an activating group) is 1. The van der Waals surface area contributed by atoms with Crippen molar-refractivity contribution in [1.82, 2.24) is 14.4 Å². The SMILES string of the molecule is CN(C)CCN(Cc1ccc(Cl)cc1)C(=O)Cn1ccccc1=O. The van der Waals surface area contributed by atoms with Gasteiger partial charge in [0.2, 0.25) is 5.91 Å². The molecule has 0 fully saturated rings. The first-order valence-corrected chi connectivity index (χ1v) is 8.16. The van der Waals surface area contributed by atoms with Crippen molar-refractivity contribution in [3.63, 3.8) is 0 Å². The molecule has 1 aromatic carbocycles. The van der Waals surface area contributed by atoms with Gasteiger partial charge >= 0.3 is 0 Å². The van der Waals surface area contributed by atoms with Crippen LogP contribution in [0.2, 0.25) is 5.02 Å². The highest BCUT2D eigenvalue weighted by molar-refractivity contribution is 6.30. The van der Waals surface area contributed by atoms with E-state index < -0.39 is 0 Å². The van der Waals surface area contributed by atoms with Crippen LogP contribution in [-0.2, 0) is 17.9 Å². The van der Waals surface area contributed by atoms with Crippen LogP contribution in [0.4, 0.5) is 0 Å². The first kappa shape index (κ1) is 18.2. The molecular formula is C18H22ClN3O2. The molecule has 0 aliphatic carbocycles. The fourth-order valence-corrected chi connectivity index (χ4v) is 2.39. The summed E-state index contributed by atoms with van der Waals surface area (Å²) in [5.74, 6) is -0.0832. The molecule has 5 nitrogen and oxygen atoms in total. The topological polar surface area (TPSA) is 45.5 Å². The zero-order chi connectivity index (χ0) is 17.5. The first-order valence-electron chi connectivity index (χ1n) is 7.78. The number of hydrogen-bond donors (Lipinski definition) is 0. The van der Waals surface area contributed by atoms with Gasteiger partial charge in [-0.05, 0) is 37.9 Å². The number of aromatic nitrogens is 1. The van der Waals surface area contributed by atoms with Gasteiger partial charge in [0.25, 0.3) is 5.56 Å². The minimum absolute atomic E-state index is 0.0424. The van der Waals surface area contributed by atoms with Crippen LogP contribution in [0.5, 0.6) is 0 Å². The highest BCUT2D eigenvalue weighted by Crippen LogP contribution is 2.12. The molecule has 1 aromatic heterocycles. The molecule has 1 amide bonds. The molecule has 0 N–H and O–H groups in total. The van der Waals surface area contributed by atoms with E-state index in [4.69, 9.17) is 11.6 Å². The Morgan fingerprint density at radius 2 is 1.79 bits per heavy atom. The summed E-state index contributed by atoms with van der Waals surface area (Å²) in [6.07, 6.45) is 1.63. The summed E-state index contributed by atoms with van der Waals surface area (Å²) in [5.41, 5.74) is 0.830. The molecule has 0 saturated heterocycles. The molecule has 2 aromatic rings. The van der Waals surface area contributed by atoms with Gasteiger partial charge in [0.05, 0.1) is 0 Å². The predicted molar refractivity (Wildman–Crippen MR) is 96.1 cm³/mol. The van der Waals surface area contributed by atoms with Crippen molar-refractivity contribution in [2.45, 2.75) is 13.1 Å². The molecule has 24 heavy (non-hydrogen) atoms. The zero-order valence-electron chi connectivity index (χ0n) is 14.0. The molecule has 0 spiro atoms. The molecular weight excluding hydrogens is 326 g/mol. The number of benzene rings is 1. The number of pyridine rings is 1. The number of nitrogens with zero attached hydrogens (tertiary/aromatic N) is 3. The van der Waals surface area contributed by atoms with Gasteiger partial charge < -0.3 is 14.4 Å². The summed E-state index contributed by atoms with van der Waals surface area (Å²) in [6, 6.07) is 12.3. The molecule has 0 radical (unpaired) electrons. The van der Waals surface area contributed by atoms with Gasteiger partial charge in [-0.2, -0.15) is 0 Å². The quantitative estimate of drug-likeness (QED) is 0.770. The normalized spacial score (nSPS) is 10.8. The minimum Gasteiger partial charge on any atom is -0.336 e. The molecule has 0 unspecified atom stereocenters. The molecule has 0 aliphatic heterocycles. The second kappa shape index (κ2) is 8.66. The molecule has 1 heterocycles. The van der Waals surface area contributed by atoms with Gasteiger partial charge in [-0.1, -0.05) is 29.8 Å². The summed E-state index contributed by atoms with van der Waals surface area (Å²) >= 11 is 5.91. The van der Waals surface area contributed by atoms with Gasteiger partial charge in [0, 0.05) is 36.9 Å². The third kappa shape index (κ3) is 5.51. The van der Waals surface area contributed by atoms with Crippen molar-refractivity contribution in [1.29, 1.82) is 0 Å². The fourth-order valence-electron chi connectivity index (χ4n) is 2.26. The van der Waals surface area contributed by atoms with Crippen molar-refractivity contribution in [2.75, 3.05) is 27.2 Å². The number of rotatable bonds is 7. The second-order valence-electron chi connectivity index (χ2n) is 5.91. The third-order valence-corrected chi connectivity index (χ3v) is 3.91. The van der Waals surface area contributed by atoms with E-state index in [1.807, 2.05) is 43.3 Å². The van der Waals surface area contributed by atoms with Gasteiger partial charge in [-0.15, -0.1) is 0 Å². The van der Waals surface area contributed by atoms with E-state index in [-0.39, 0.29) is 18.0 Å². The van der Waals surface area contributed by atoms with E-state index in [0.29, 0.717) is 18.1 Å². The van der Waals surface area contributed by atoms with Crippen LogP contribution in [0.3, 0.4) is 0 Å². The summed E-state index contributed by atoms with van der Waals surface area (Å²) in [4.78, 5) is 28.3. The van der Waals surface area contributed by atoms with E-state index in [9.17, 15) is 9.59 Å². The Labute approximate surface area is 147 Å². The molecule has 0 bridgehead atoms. The number of amides is 1. The zero-order valence-corrected chi connectivity index (χ0v) is 14.7. The largest absolute Gasteiger partial charge is 0.336 e. The maximum absolute atomic E-state index is 12.7. The average Bonchev–Trinajstić information content (AvgIpc) is 2.55. The van der Waals surface area contributed by atoms with E-state index >= 15 is 0 Å². The van der Waals surface area contributed by atoms with Gasteiger partial charge in [0.1, 0.15) is 6.54 Å². The van der Waals surface area contributed by atoms with E-state index in [1.165, 1.54) is 10.6 Å². The standard InChI is InChI=1S/C18H22ClN3O2/c1-20(2)11-12-22(13-15-6-8-16(19)9-7-15)18(24)14-21-10-4-3-5-17(21)23/h3-10H,11-14H2,1-2H3. The smallest absolute Gasteiger partial charge is 0.250 e. The number of hydrogen-bond acceptors (Lipinski definition) is 3. The van der Waals surface area contributed by atoms with Crippen molar-refractivity contribution < 1.29 is 4.79 Å². The Bertz CT molecular complexity index is 726. The van der Waals surface area contributed by atoms with Crippen LogP contribution >= 0.6 is 11.6 Å². The van der Waals surface area contributed by atoms with E-state index in [1.54, 1.807) is 23.2 Å². The minimum atomic E-state index is -0.176. The Morgan fingerprint density at radius 1 is 1.08 bits per heavy atom. The molecule has 0 aliphatic rings. The number of carbonyl (C=O) groups excluding carboxylic acids is 1. The van der Waals surface area contributed by atoms with Gasteiger partial charge in [-0.25, -0.2) is 0 Å². The van der Waals surface area contributed by atoms with Crippen molar-refractivity contribution in [3.05, 3.63) is 69.6 Å². The lowest BCUT2D eigenvalue weighted by Crippen LogP contribution is -2.39. The Kier molecular flexibility index (Phi) is 6.58. The third-order valence-electron chi connectivity index (χ3n) is 3.66.